The lowest BCUT2D eigenvalue weighted by Gasteiger charge is -2.13. The van der Waals surface area contributed by atoms with Crippen molar-refractivity contribution in [3.63, 3.8) is 0 Å². The van der Waals surface area contributed by atoms with Crippen LogP contribution in [0.2, 0.25) is 0 Å². The number of halogens is 2. The van der Waals surface area contributed by atoms with E-state index in [2.05, 4.69) is 0 Å². The highest BCUT2D eigenvalue weighted by Gasteiger charge is 2.28. The molecule has 2 nitrogen and oxygen atoms in total. The van der Waals surface area contributed by atoms with Crippen LogP contribution in [-0.4, -0.2) is 23.8 Å². The second kappa shape index (κ2) is 3.36. The highest BCUT2D eigenvalue weighted by atomic mass is 19.3. The molecule has 0 N–H and O–H groups in total. The predicted molar refractivity (Wildman–Crippen MR) is 47.2 cm³/mol. The molecule has 1 aliphatic rings. The van der Waals surface area contributed by atoms with Gasteiger partial charge >= 0.3 is 0 Å². The van der Waals surface area contributed by atoms with Crippen LogP contribution in [0.5, 0.6) is 0 Å². The largest absolute Gasteiger partial charge is 0.329 e. The lowest BCUT2D eigenvalue weighted by atomic mass is 10.1. The van der Waals surface area contributed by atoms with Crippen molar-refractivity contribution in [1.82, 2.24) is 4.90 Å². The van der Waals surface area contributed by atoms with Gasteiger partial charge in [0, 0.05) is 12.1 Å². The maximum absolute atomic E-state index is 12.1. The van der Waals surface area contributed by atoms with E-state index in [0.29, 0.717) is 12.1 Å². The van der Waals surface area contributed by atoms with E-state index < -0.39 is 13.0 Å². The number of hydrogen-bond donors (Lipinski definition) is 0. The van der Waals surface area contributed by atoms with Gasteiger partial charge in [-0.05, 0) is 11.6 Å². The first-order valence-electron chi connectivity index (χ1n) is 4.34. The summed E-state index contributed by atoms with van der Waals surface area (Å²) in [5, 5.41) is 0. The molecule has 2 rings (SSSR count). The maximum Gasteiger partial charge on any atom is 0.255 e. The molecule has 0 radical (unpaired) electrons. The van der Waals surface area contributed by atoms with Gasteiger partial charge in [0.05, 0.1) is 6.54 Å². The van der Waals surface area contributed by atoms with Crippen LogP contribution in [0.15, 0.2) is 24.3 Å². The first-order valence-corrected chi connectivity index (χ1v) is 4.34. The Bertz CT molecular complexity index is 365. The topological polar surface area (TPSA) is 20.3 Å². The molecule has 1 aromatic carbocycles. The third-order valence-electron chi connectivity index (χ3n) is 2.25. The van der Waals surface area contributed by atoms with Crippen molar-refractivity contribution in [3.05, 3.63) is 35.4 Å². The van der Waals surface area contributed by atoms with Gasteiger partial charge in [0.2, 0.25) is 0 Å². The molecule has 0 unspecified atom stereocenters. The predicted octanol–water partition coefficient (Wildman–Crippen LogP) is 1.91. The van der Waals surface area contributed by atoms with Crippen LogP contribution in [0.25, 0.3) is 0 Å². The SMILES string of the molecule is O=C1c2ccccc2CN1CC(F)F. The van der Waals surface area contributed by atoms with Gasteiger partial charge in [-0.3, -0.25) is 4.79 Å². The van der Waals surface area contributed by atoms with Crippen molar-refractivity contribution < 1.29 is 13.6 Å². The van der Waals surface area contributed by atoms with Gasteiger partial charge in [0.15, 0.2) is 0 Å². The van der Waals surface area contributed by atoms with Crippen molar-refractivity contribution in [1.29, 1.82) is 0 Å². The number of carbonyl (C=O) groups excluding carboxylic acids is 1. The van der Waals surface area contributed by atoms with Gasteiger partial charge in [0.25, 0.3) is 12.3 Å². The van der Waals surface area contributed by atoms with E-state index in [1.807, 2.05) is 0 Å². The van der Waals surface area contributed by atoms with E-state index in [0.717, 1.165) is 5.56 Å². The fraction of sp³-hybridized carbons (Fsp3) is 0.300. The van der Waals surface area contributed by atoms with E-state index in [9.17, 15) is 13.6 Å². The average molecular weight is 197 g/mol. The number of benzene rings is 1. The molecule has 0 aliphatic carbocycles. The van der Waals surface area contributed by atoms with Crippen molar-refractivity contribution in [2.24, 2.45) is 0 Å². The summed E-state index contributed by atoms with van der Waals surface area (Å²) in [6.07, 6.45) is -2.46. The standard InChI is InChI=1S/C10H9F2NO/c11-9(12)6-13-5-7-3-1-2-4-8(7)10(13)14/h1-4,9H,5-6H2. The van der Waals surface area contributed by atoms with E-state index in [1.165, 1.54) is 4.90 Å². The molecule has 0 saturated carbocycles. The normalized spacial score (nSPS) is 15.1. The van der Waals surface area contributed by atoms with Crippen LogP contribution in [-0.2, 0) is 6.54 Å². The minimum atomic E-state index is -2.46. The van der Waals surface area contributed by atoms with Gasteiger partial charge in [-0.2, -0.15) is 0 Å². The second-order valence-electron chi connectivity index (χ2n) is 3.23. The summed E-state index contributed by atoms with van der Waals surface area (Å²) in [7, 11) is 0. The summed E-state index contributed by atoms with van der Waals surface area (Å²) in [4.78, 5) is 12.7. The molecular formula is C10H9F2NO. The van der Waals surface area contributed by atoms with Crippen LogP contribution in [0, 0.1) is 0 Å². The molecule has 0 atom stereocenters. The van der Waals surface area contributed by atoms with Crippen LogP contribution < -0.4 is 0 Å². The Morgan fingerprint density at radius 2 is 2.07 bits per heavy atom. The fourth-order valence-electron chi connectivity index (χ4n) is 1.63. The summed E-state index contributed by atoms with van der Waals surface area (Å²) < 4.78 is 24.2. The minimum Gasteiger partial charge on any atom is -0.329 e. The number of carbonyl (C=O) groups is 1. The minimum absolute atomic E-state index is 0.291. The first-order chi connectivity index (χ1) is 6.68. The van der Waals surface area contributed by atoms with E-state index in [1.54, 1.807) is 24.3 Å². The number of rotatable bonds is 2. The lowest BCUT2D eigenvalue weighted by Crippen LogP contribution is -2.29. The molecule has 4 heteroatoms. The summed E-state index contributed by atoms with van der Waals surface area (Å²) in [5.41, 5.74) is 1.38. The zero-order valence-corrected chi connectivity index (χ0v) is 7.41. The van der Waals surface area contributed by atoms with Crippen molar-refractivity contribution >= 4 is 5.91 Å². The molecule has 14 heavy (non-hydrogen) atoms. The maximum atomic E-state index is 12.1. The van der Waals surface area contributed by atoms with Crippen molar-refractivity contribution in [2.75, 3.05) is 6.54 Å². The average Bonchev–Trinajstić information content (AvgIpc) is 2.44. The van der Waals surface area contributed by atoms with E-state index in [4.69, 9.17) is 0 Å². The van der Waals surface area contributed by atoms with Gasteiger partial charge in [-0.1, -0.05) is 18.2 Å². The molecule has 1 amide bonds. The molecule has 1 aromatic rings. The molecule has 0 saturated heterocycles. The van der Waals surface area contributed by atoms with Crippen molar-refractivity contribution in [3.8, 4) is 0 Å². The number of hydrogen-bond acceptors (Lipinski definition) is 1. The number of alkyl halides is 2. The fourth-order valence-corrected chi connectivity index (χ4v) is 1.63. The first kappa shape index (κ1) is 9.12. The number of amides is 1. The highest BCUT2D eigenvalue weighted by Crippen LogP contribution is 2.22. The summed E-state index contributed by atoms with van der Waals surface area (Å²) >= 11 is 0. The molecule has 0 aromatic heterocycles. The lowest BCUT2D eigenvalue weighted by molar-refractivity contribution is 0.0577. The third kappa shape index (κ3) is 1.47. The van der Waals surface area contributed by atoms with Crippen LogP contribution in [0.4, 0.5) is 8.78 Å². The van der Waals surface area contributed by atoms with Gasteiger partial charge in [0.1, 0.15) is 0 Å². The van der Waals surface area contributed by atoms with Crippen LogP contribution in [0.1, 0.15) is 15.9 Å². The van der Waals surface area contributed by atoms with E-state index in [-0.39, 0.29) is 5.91 Å². The Kier molecular flexibility index (Phi) is 2.19. The van der Waals surface area contributed by atoms with Gasteiger partial charge in [-0.15, -0.1) is 0 Å². The van der Waals surface area contributed by atoms with Gasteiger partial charge < -0.3 is 4.90 Å². The highest BCUT2D eigenvalue weighted by molar-refractivity contribution is 5.98. The molecule has 0 fully saturated rings. The molecular weight excluding hydrogens is 188 g/mol. The molecule has 0 bridgehead atoms. The third-order valence-corrected chi connectivity index (χ3v) is 2.25. The van der Waals surface area contributed by atoms with Crippen LogP contribution >= 0.6 is 0 Å². The Morgan fingerprint density at radius 3 is 2.71 bits per heavy atom. The van der Waals surface area contributed by atoms with E-state index >= 15 is 0 Å². The van der Waals surface area contributed by atoms with Crippen molar-refractivity contribution in [2.45, 2.75) is 13.0 Å². The quantitative estimate of drug-likeness (QED) is 0.709. The Balaban J connectivity index is 2.21. The Labute approximate surface area is 80.1 Å². The summed E-state index contributed by atoms with van der Waals surface area (Å²) in [6, 6.07) is 7.00. The summed E-state index contributed by atoms with van der Waals surface area (Å²) in [5.74, 6) is -0.291. The van der Waals surface area contributed by atoms with Crippen LogP contribution in [0.3, 0.4) is 0 Å². The molecule has 74 valence electrons. The molecule has 0 spiro atoms. The smallest absolute Gasteiger partial charge is 0.255 e. The number of nitrogens with zero attached hydrogens (tertiary/aromatic N) is 1. The Hall–Kier alpha value is -1.45. The molecule has 1 heterocycles. The number of fused-ring (bicyclic) bond motifs is 1. The summed E-state index contributed by atoms with van der Waals surface area (Å²) in [6.45, 7) is -0.174. The zero-order valence-electron chi connectivity index (χ0n) is 7.41. The zero-order chi connectivity index (χ0) is 10.1. The Morgan fingerprint density at radius 1 is 1.36 bits per heavy atom. The molecule has 1 aliphatic heterocycles. The monoisotopic (exact) mass is 197 g/mol. The second-order valence-corrected chi connectivity index (χ2v) is 3.23. The van der Waals surface area contributed by atoms with Gasteiger partial charge in [-0.25, -0.2) is 8.78 Å².